The Morgan fingerprint density at radius 2 is 0.920 bits per heavy atom. The van der Waals surface area contributed by atoms with Gasteiger partial charge in [0.1, 0.15) is 0 Å². The maximum Gasteiger partial charge on any atom is 0.0641 e. The third kappa shape index (κ3) is 4.50. The first-order valence-corrected chi connectivity index (χ1v) is 16.8. The second-order valence-corrected chi connectivity index (χ2v) is 12.6. The lowest BCUT2D eigenvalue weighted by molar-refractivity contribution is 1.17. The fraction of sp³-hybridized carbons (Fsp3) is 0. The summed E-state index contributed by atoms with van der Waals surface area (Å²) in [6.07, 6.45) is 0. The molecule has 0 saturated carbocycles. The monoisotopic (exact) mass is 641 g/mol. The zero-order valence-electron chi connectivity index (χ0n) is 32.0. The topological polar surface area (TPSA) is 9.86 Å². The largest absolute Gasteiger partial charge is 0.309 e. The minimum atomic E-state index is -0.395. The van der Waals surface area contributed by atoms with E-state index in [-0.39, 0.29) is 29.7 Å². The first-order valence-electron chi connectivity index (χ1n) is 19.3. The number of aromatic nitrogens is 2. The minimum absolute atomic E-state index is 0.195. The van der Waals surface area contributed by atoms with Gasteiger partial charge in [-0.25, -0.2) is 0 Å². The van der Waals surface area contributed by atoms with Gasteiger partial charge in [0.05, 0.1) is 28.9 Å². The SMILES string of the molecule is [2H]c1c([2H])c([2H])c(-c2ccc(-n3c4ccccc4c4c3ccc3c5ccccc5n(-c5cccc(-c6ccc(-c7ccccc7)cc6)c5)c34)cc2)c([2H])c1[2H]. The Kier molecular flexibility index (Phi) is 5.44. The zero-order valence-corrected chi connectivity index (χ0v) is 27.0. The smallest absolute Gasteiger partial charge is 0.0641 e. The lowest BCUT2D eigenvalue weighted by Crippen LogP contribution is -1.96. The van der Waals surface area contributed by atoms with Crippen LogP contribution in [-0.2, 0) is 0 Å². The molecular formula is C48H32N2. The molecule has 0 aliphatic carbocycles. The number of hydrogen-bond acceptors (Lipinski definition) is 0. The van der Waals surface area contributed by atoms with E-state index in [1.807, 2.05) is 30.3 Å². The van der Waals surface area contributed by atoms with Crippen molar-refractivity contribution in [3.63, 3.8) is 0 Å². The highest BCUT2D eigenvalue weighted by molar-refractivity contribution is 6.26. The molecule has 0 spiro atoms. The summed E-state index contributed by atoms with van der Waals surface area (Å²) in [7, 11) is 0. The van der Waals surface area contributed by atoms with Gasteiger partial charge in [0.25, 0.3) is 0 Å². The molecular weight excluding hydrogens is 605 g/mol. The zero-order chi connectivity index (χ0) is 37.4. The fourth-order valence-electron chi connectivity index (χ4n) is 7.54. The Bertz CT molecular complexity index is 3100. The van der Waals surface area contributed by atoms with Gasteiger partial charge in [-0.3, -0.25) is 0 Å². The average Bonchev–Trinajstić information content (AvgIpc) is 3.76. The number of nitrogens with zero attached hydrogens (tertiary/aromatic N) is 2. The highest BCUT2D eigenvalue weighted by Crippen LogP contribution is 2.42. The quantitative estimate of drug-likeness (QED) is 0.177. The van der Waals surface area contributed by atoms with Crippen molar-refractivity contribution in [2.45, 2.75) is 0 Å². The van der Waals surface area contributed by atoms with Crippen molar-refractivity contribution in [1.82, 2.24) is 9.13 Å². The van der Waals surface area contributed by atoms with Gasteiger partial charge in [-0.15, -0.1) is 0 Å². The first-order chi connectivity index (χ1) is 26.9. The molecule has 0 N–H and O–H groups in total. The summed E-state index contributed by atoms with van der Waals surface area (Å²) in [4.78, 5) is 0. The van der Waals surface area contributed by atoms with Gasteiger partial charge < -0.3 is 9.13 Å². The lowest BCUT2D eigenvalue weighted by atomic mass is 10.00. The van der Waals surface area contributed by atoms with Gasteiger partial charge >= 0.3 is 0 Å². The summed E-state index contributed by atoms with van der Waals surface area (Å²) in [6, 6.07) is 55.6. The van der Waals surface area contributed by atoms with Crippen molar-refractivity contribution >= 4 is 43.6 Å². The molecule has 10 rings (SSSR count). The number of benzene rings is 8. The van der Waals surface area contributed by atoms with Gasteiger partial charge in [0, 0.05) is 32.9 Å². The van der Waals surface area contributed by atoms with Crippen LogP contribution in [0.3, 0.4) is 0 Å². The number of para-hydroxylation sites is 2. The van der Waals surface area contributed by atoms with Crippen LogP contribution in [0, 0.1) is 0 Å². The summed E-state index contributed by atoms with van der Waals surface area (Å²) in [5.74, 6) is 0. The molecule has 0 aliphatic heterocycles. The second-order valence-electron chi connectivity index (χ2n) is 12.6. The molecule has 0 radical (unpaired) electrons. The predicted molar refractivity (Wildman–Crippen MR) is 211 cm³/mol. The van der Waals surface area contributed by atoms with E-state index in [2.05, 4.69) is 143 Å². The molecule has 0 fully saturated rings. The maximum absolute atomic E-state index is 8.52. The van der Waals surface area contributed by atoms with Crippen LogP contribution < -0.4 is 0 Å². The summed E-state index contributed by atoms with van der Waals surface area (Å²) in [6.45, 7) is 0. The molecule has 50 heavy (non-hydrogen) atoms. The van der Waals surface area contributed by atoms with Crippen LogP contribution in [0.15, 0.2) is 194 Å². The summed E-state index contributed by atoms with van der Waals surface area (Å²) >= 11 is 0. The van der Waals surface area contributed by atoms with Gasteiger partial charge in [-0.1, -0.05) is 152 Å². The Morgan fingerprint density at radius 3 is 1.68 bits per heavy atom. The molecule has 2 heteroatoms. The Labute approximate surface area is 297 Å². The van der Waals surface area contributed by atoms with E-state index in [1.165, 1.54) is 21.9 Å². The highest BCUT2D eigenvalue weighted by atomic mass is 15.0. The number of rotatable bonds is 5. The van der Waals surface area contributed by atoms with Crippen molar-refractivity contribution < 1.29 is 6.85 Å². The maximum atomic E-state index is 8.52. The number of fused-ring (bicyclic) bond motifs is 7. The van der Waals surface area contributed by atoms with E-state index in [4.69, 9.17) is 6.85 Å². The van der Waals surface area contributed by atoms with Crippen molar-refractivity contribution in [2.24, 2.45) is 0 Å². The second kappa shape index (κ2) is 11.5. The summed E-state index contributed by atoms with van der Waals surface area (Å²) in [5, 5.41) is 4.60. The molecule has 234 valence electrons. The first kappa shape index (κ1) is 23.6. The average molecular weight is 642 g/mol. The van der Waals surface area contributed by atoms with Gasteiger partial charge in [-0.2, -0.15) is 0 Å². The Hall–Kier alpha value is -6.64. The van der Waals surface area contributed by atoms with Crippen LogP contribution in [0.25, 0.3) is 88.4 Å². The van der Waals surface area contributed by atoms with Gasteiger partial charge in [-0.05, 0) is 75.8 Å². The molecule has 10 aromatic rings. The molecule has 0 aliphatic rings. The van der Waals surface area contributed by atoms with E-state index < -0.39 is 6.04 Å². The molecule has 0 bridgehead atoms. The van der Waals surface area contributed by atoms with E-state index in [0.717, 1.165) is 55.3 Å². The molecule has 0 saturated heterocycles. The van der Waals surface area contributed by atoms with E-state index in [9.17, 15) is 0 Å². The van der Waals surface area contributed by atoms with Crippen LogP contribution in [0.2, 0.25) is 0 Å². The Balaban J connectivity index is 1.17. The predicted octanol–water partition coefficient (Wildman–Crippen LogP) is 12.9. The minimum Gasteiger partial charge on any atom is -0.309 e. The normalized spacial score (nSPS) is 13.0. The molecule has 0 unspecified atom stereocenters. The highest BCUT2D eigenvalue weighted by Gasteiger charge is 2.21. The van der Waals surface area contributed by atoms with Crippen LogP contribution in [-0.4, -0.2) is 9.13 Å². The van der Waals surface area contributed by atoms with E-state index in [1.54, 1.807) is 0 Å². The molecule has 0 amide bonds. The van der Waals surface area contributed by atoms with Crippen molar-refractivity contribution in [3.05, 3.63) is 194 Å². The van der Waals surface area contributed by atoms with Crippen LogP contribution in [0.5, 0.6) is 0 Å². The molecule has 8 aromatic carbocycles. The van der Waals surface area contributed by atoms with Crippen LogP contribution in [0.1, 0.15) is 6.85 Å². The molecule has 2 nitrogen and oxygen atoms in total. The Morgan fingerprint density at radius 1 is 0.340 bits per heavy atom. The van der Waals surface area contributed by atoms with Gasteiger partial charge in [0.2, 0.25) is 0 Å². The lowest BCUT2D eigenvalue weighted by Gasteiger charge is -2.12. The standard InChI is InChI=1S/C48H32N2/c1-3-12-33(13-4-1)35-22-24-37(25-23-35)38-16-11-17-40(32-38)50-44-20-9-7-18-41(44)42-30-31-46-47(48(42)50)43-19-8-10-21-45(43)49(46)39-28-26-36(27-29-39)34-14-5-2-6-15-34/h1-32H/i2D,5D,6D,14D,15D. The van der Waals surface area contributed by atoms with E-state index in [0.29, 0.717) is 5.56 Å². The molecule has 2 heterocycles. The van der Waals surface area contributed by atoms with Crippen molar-refractivity contribution in [3.8, 4) is 44.8 Å². The fourth-order valence-corrected chi connectivity index (χ4v) is 7.54. The van der Waals surface area contributed by atoms with Crippen molar-refractivity contribution in [1.29, 1.82) is 0 Å². The number of hydrogen-bond donors (Lipinski definition) is 0. The third-order valence-corrected chi connectivity index (χ3v) is 9.81. The summed E-state index contributed by atoms with van der Waals surface area (Å²) < 4.78 is 46.1. The molecule has 2 aromatic heterocycles. The molecule has 0 atom stereocenters. The van der Waals surface area contributed by atoms with Crippen LogP contribution in [0.4, 0.5) is 0 Å². The van der Waals surface area contributed by atoms with Gasteiger partial charge in [0.15, 0.2) is 0 Å². The van der Waals surface area contributed by atoms with Crippen LogP contribution >= 0.6 is 0 Å². The summed E-state index contributed by atoms with van der Waals surface area (Å²) in [5.41, 5.74) is 11.7. The van der Waals surface area contributed by atoms with Crippen molar-refractivity contribution in [2.75, 3.05) is 0 Å². The van der Waals surface area contributed by atoms with E-state index >= 15 is 0 Å². The third-order valence-electron chi connectivity index (χ3n) is 9.81.